The lowest BCUT2D eigenvalue weighted by atomic mass is 10.1. The predicted octanol–water partition coefficient (Wildman–Crippen LogP) is 4.45. The van der Waals surface area contributed by atoms with Gasteiger partial charge < -0.3 is 9.84 Å². The molecule has 0 fully saturated rings. The van der Waals surface area contributed by atoms with E-state index in [-0.39, 0.29) is 0 Å². The van der Waals surface area contributed by atoms with Gasteiger partial charge in [-0.1, -0.05) is 43.3 Å². The highest BCUT2D eigenvalue weighted by atomic mass is 16.5. The van der Waals surface area contributed by atoms with Crippen LogP contribution in [-0.4, -0.2) is 11.1 Å². The zero-order chi connectivity index (χ0) is 15.9. The molecule has 114 valence electrons. The maximum absolute atomic E-state index is 11.1. The van der Waals surface area contributed by atoms with E-state index < -0.39 is 5.97 Å². The molecule has 2 aromatic rings. The van der Waals surface area contributed by atoms with Gasteiger partial charge in [0.05, 0.1) is 0 Å². The summed E-state index contributed by atoms with van der Waals surface area (Å²) in [6.45, 7) is 4.32. The van der Waals surface area contributed by atoms with Crippen LogP contribution in [0.25, 0.3) is 6.08 Å². The third kappa shape index (κ3) is 4.22. The molecule has 1 N–H and O–H groups in total. The van der Waals surface area contributed by atoms with Crippen molar-refractivity contribution in [3.8, 4) is 5.75 Å². The minimum atomic E-state index is -0.871. The average Bonchev–Trinajstić information content (AvgIpc) is 2.52. The fraction of sp³-hybridized carbons (Fsp3) is 0.211. The van der Waals surface area contributed by atoms with E-state index in [1.54, 1.807) is 6.08 Å². The highest BCUT2D eigenvalue weighted by Crippen LogP contribution is 2.22. The summed E-state index contributed by atoms with van der Waals surface area (Å²) >= 11 is 0. The predicted molar refractivity (Wildman–Crippen MR) is 87.9 cm³/mol. The number of ether oxygens (including phenoxy) is 1. The van der Waals surface area contributed by atoms with Crippen LogP contribution in [0.3, 0.4) is 0 Å². The van der Waals surface area contributed by atoms with E-state index in [2.05, 4.69) is 0 Å². The summed E-state index contributed by atoms with van der Waals surface area (Å²) in [7, 11) is 0. The van der Waals surface area contributed by atoms with E-state index in [0.717, 1.165) is 22.4 Å². The van der Waals surface area contributed by atoms with Gasteiger partial charge in [0.1, 0.15) is 12.4 Å². The van der Waals surface area contributed by atoms with Crippen molar-refractivity contribution in [1.82, 2.24) is 0 Å². The molecule has 0 aliphatic rings. The zero-order valence-corrected chi connectivity index (χ0v) is 12.9. The van der Waals surface area contributed by atoms with E-state index in [1.807, 2.05) is 62.4 Å². The molecule has 0 radical (unpaired) electrons. The molecule has 0 atom stereocenters. The lowest BCUT2D eigenvalue weighted by Gasteiger charge is -2.10. The molecule has 0 spiro atoms. The van der Waals surface area contributed by atoms with Gasteiger partial charge in [-0.05, 0) is 48.2 Å². The largest absolute Gasteiger partial charge is 0.489 e. The Balaban J connectivity index is 2.11. The Labute approximate surface area is 130 Å². The first-order chi connectivity index (χ1) is 10.6. The summed E-state index contributed by atoms with van der Waals surface area (Å²) in [6, 6.07) is 15.7. The van der Waals surface area contributed by atoms with Crippen molar-refractivity contribution in [1.29, 1.82) is 0 Å². The van der Waals surface area contributed by atoms with Gasteiger partial charge in [-0.3, -0.25) is 0 Å². The molecule has 0 saturated heterocycles. The van der Waals surface area contributed by atoms with Gasteiger partial charge in [0.2, 0.25) is 0 Å². The van der Waals surface area contributed by atoms with Crippen molar-refractivity contribution in [2.24, 2.45) is 0 Å². The normalized spacial score (nSPS) is 11.3. The molecule has 0 aromatic heterocycles. The number of benzene rings is 2. The van der Waals surface area contributed by atoms with E-state index >= 15 is 0 Å². The number of aliphatic carboxylic acids is 1. The third-order valence-electron chi connectivity index (χ3n) is 3.43. The van der Waals surface area contributed by atoms with Gasteiger partial charge in [0.15, 0.2) is 0 Å². The molecular weight excluding hydrogens is 276 g/mol. The van der Waals surface area contributed by atoms with Crippen molar-refractivity contribution >= 4 is 12.0 Å². The molecule has 0 bridgehead atoms. The van der Waals surface area contributed by atoms with E-state index in [0.29, 0.717) is 18.6 Å². The van der Waals surface area contributed by atoms with Crippen LogP contribution in [0, 0.1) is 6.92 Å². The molecule has 22 heavy (non-hydrogen) atoms. The summed E-state index contributed by atoms with van der Waals surface area (Å²) in [5, 5.41) is 9.08. The fourth-order valence-electron chi connectivity index (χ4n) is 2.18. The zero-order valence-electron chi connectivity index (χ0n) is 12.9. The molecule has 0 amide bonds. The summed E-state index contributed by atoms with van der Waals surface area (Å²) in [4.78, 5) is 11.1. The topological polar surface area (TPSA) is 46.5 Å². The monoisotopic (exact) mass is 296 g/mol. The van der Waals surface area contributed by atoms with Gasteiger partial charge in [-0.25, -0.2) is 4.79 Å². The number of rotatable bonds is 6. The Morgan fingerprint density at radius 3 is 2.50 bits per heavy atom. The standard InChI is InChI=1S/C19H20O3/c1-3-17(19(20)21)12-16-9-10-18(14(2)11-16)22-13-15-7-5-4-6-8-15/h4-12H,3,13H2,1-2H3,(H,20,21)/b17-12-. The third-order valence-corrected chi connectivity index (χ3v) is 3.43. The minimum Gasteiger partial charge on any atom is -0.489 e. The lowest BCUT2D eigenvalue weighted by Crippen LogP contribution is -1.99. The Kier molecular flexibility index (Phi) is 5.37. The summed E-state index contributed by atoms with van der Waals surface area (Å²) < 4.78 is 5.82. The quantitative estimate of drug-likeness (QED) is 0.801. The van der Waals surface area contributed by atoms with Gasteiger partial charge in [-0.15, -0.1) is 0 Å². The molecule has 0 unspecified atom stereocenters. The summed E-state index contributed by atoms with van der Waals surface area (Å²) in [6.07, 6.45) is 2.21. The molecule has 0 aliphatic heterocycles. The van der Waals surface area contributed by atoms with Gasteiger partial charge in [-0.2, -0.15) is 0 Å². The number of carbonyl (C=O) groups is 1. The number of hydrogen-bond donors (Lipinski definition) is 1. The first-order valence-electron chi connectivity index (χ1n) is 7.31. The second-order valence-electron chi connectivity index (χ2n) is 5.13. The number of carboxylic acids is 1. The smallest absolute Gasteiger partial charge is 0.331 e. The van der Waals surface area contributed by atoms with Crippen LogP contribution in [0.1, 0.15) is 30.0 Å². The Morgan fingerprint density at radius 2 is 1.91 bits per heavy atom. The van der Waals surface area contributed by atoms with Crippen LogP contribution >= 0.6 is 0 Å². The van der Waals surface area contributed by atoms with E-state index in [9.17, 15) is 4.79 Å². The second-order valence-corrected chi connectivity index (χ2v) is 5.13. The molecule has 2 aromatic carbocycles. The second kappa shape index (κ2) is 7.46. The van der Waals surface area contributed by atoms with Gasteiger partial charge >= 0.3 is 5.97 Å². The SMILES string of the molecule is CC/C(=C/c1ccc(OCc2ccccc2)c(C)c1)C(=O)O. The van der Waals surface area contributed by atoms with E-state index in [4.69, 9.17) is 9.84 Å². The molecule has 0 heterocycles. The van der Waals surface area contributed by atoms with Crippen LogP contribution < -0.4 is 4.74 Å². The van der Waals surface area contributed by atoms with Crippen LogP contribution in [0.5, 0.6) is 5.75 Å². The maximum Gasteiger partial charge on any atom is 0.331 e. The lowest BCUT2D eigenvalue weighted by molar-refractivity contribution is -0.132. The highest BCUT2D eigenvalue weighted by Gasteiger charge is 2.06. The maximum atomic E-state index is 11.1. The fourth-order valence-corrected chi connectivity index (χ4v) is 2.18. The average molecular weight is 296 g/mol. The number of carboxylic acid groups (broad SMARTS) is 1. The molecular formula is C19H20O3. The van der Waals surface area contributed by atoms with Crippen LogP contribution in [-0.2, 0) is 11.4 Å². The summed E-state index contributed by atoms with van der Waals surface area (Å²) in [5.41, 5.74) is 3.39. The van der Waals surface area contributed by atoms with Crippen molar-refractivity contribution in [3.05, 3.63) is 70.8 Å². The molecule has 0 saturated carbocycles. The van der Waals surface area contributed by atoms with E-state index in [1.165, 1.54) is 0 Å². The minimum absolute atomic E-state index is 0.400. The van der Waals surface area contributed by atoms with Crippen molar-refractivity contribution in [2.75, 3.05) is 0 Å². The van der Waals surface area contributed by atoms with Crippen LogP contribution in [0.4, 0.5) is 0 Å². The Hall–Kier alpha value is -2.55. The van der Waals surface area contributed by atoms with Gasteiger partial charge in [0, 0.05) is 5.57 Å². The Bertz CT molecular complexity index is 672. The molecule has 2 rings (SSSR count). The van der Waals surface area contributed by atoms with Crippen LogP contribution in [0.15, 0.2) is 54.1 Å². The van der Waals surface area contributed by atoms with Crippen molar-refractivity contribution in [3.63, 3.8) is 0 Å². The highest BCUT2D eigenvalue weighted by molar-refractivity contribution is 5.92. The molecule has 3 heteroatoms. The van der Waals surface area contributed by atoms with Crippen molar-refractivity contribution in [2.45, 2.75) is 26.9 Å². The number of aryl methyl sites for hydroxylation is 1. The number of hydrogen-bond acceptors (Lipinski definition) is 2. The summed E-state index contributed by atoms with van der Waals surface area (Å²) in [5.74, 6) is -0.0565. The van der Waals surface area contributed by atoms with Gasteiger partial charge in [0.25, 0.3) is 0 Å². The Morgan fingerprint density at radius 1 is 1.18 bits per heavy atom. The molecule has 0 aliphatic carbocycles. The van der Waals surface area contributed by atoms with Crippen molar-refractivity contribution < 1.29 is 14.6 Å². The first-order valence-corrected chi connectivity index (χ1v) is 7.31. The molecule has 3 nitrogen and oxygen atoms in total. The van der Waals surface area contributed by atoms with Crippen LogP contribution in [0.2, 0.25) is 0 Å². The first kappa shape index (κ1) is 15.8.